The van der Waals surface area contributed by atoms with E-state index in [0.29, 0.717) is 39.8 Å². The number of hydrogen-bond donors (Lipinski definition) is 2. The molecule has 0 bridgehead atoms. The van der Waals surface area contributed by atoms with E-state index in [0.717, 1.165) is 64.9 Å². The molecular formula is C47H44N4O6S. The lowest BCUT2D eigenvalue weighted by atomic mass is 9.99. The molecule has 0 fully saturated rings. The summed E-state index contributed by atoms with van der Waals surface area (Å²) in [5, 5.41) is 3.00. The van der Waals surface area contributed by atoms with Crippen molar-refractivity contribution in [2.75, 3.05) is 22.2 Å². The van der Waals surface area contributed by atoms with Crippen molar-refractivity contribution < 1.29 is 28.6 Å². The zero-order valence-corrected chi connectivity index (χ0v) is 33.8. The van der Waals surface area contributed by atoms with Crippen LogP contribution in [0.25, 0.3) is 0 Å². The van der Waals surface area contributed by atoms with E-state index in [1.54, 1.807) is 27.0 Å². The van der Waals surface area contributed by atoms with Crippen LogP contribution < -0.4 is 29.3 Å². The molecule has 10 nitrogen and oxygen atoms in total. The smallest absolute Gasteiger partial charge is 0.261 e. The van der Waals surface area contributed by atoms with E-state index in [1.807, 2.05) is 95.7 Å². The van der Waals surface area contributed by atoms with Crippen LogP contribution in [-0.2, 0) is 37.3 Å². The maximum atomic E-state index is 14.0. The van der Waals surface area contributed by atoms with Gasteiger partial charge in [-0.05, 0) is 122 Å². The van der Waals surface area contributed by atoms with Crippen LogP contribution in [0.5, 0.6) is 17.2 Å². The Labute approximate surface area is 343 Å². The van der Waals surface area contributed by atoms with E-state index >= 15 is 0 Å². The summed E-state index contributed by atoms with van der Waals surface area (Å²) >= 11 is 4.48. The summed E-state index contributed by atoms with van der Waals surface area (Å²) in [6, 6.07) is 29.2. The van der Waals surface area contributed by atoms with E-state index in [9.17, 15) is 14.4 Å². The van der Waals surface area contributed by atoms with Crippen LogP contribution in [0.1, 0.15) is 74.4 Å². The third kappa shape index (κ3) is 6.87. The van der Waals surface area contributed by atoms with Crippen LogP contribution in [0, 0.1) is 6.92 Å². The minimum atomic E-state index is -0.916. The van der Waals surface area contributed by atoms with Crippen LogP contribution in [0.2, 0.25) is 0 Å². The zero-order valence-electron chi connectivity index (χ0n) is 32.9. The standard InChI is InChI=1S/C47H44N4O6S/c1-27-15-37-38(48-24-35-20-32-10-6-8-12-40(32)51(35)45(37)53)23-41(27)56-25-28-16-29(18-33(17-28)49-46(54)47(2,3)58)26-57-43-21-30-13-14-34-19-31-9-5-7-11-39(31)50(34)44(52)36(30)22-42(43)55-4/h5-12,15-18,21-24,34-35,58H,13-14,19-20,25-26H2,1-4H3,(H,49,54)/t34-,35+/m1/s1. The zero-order chi connectivity index (χ0) is 40.3. The van der Waals surface area contributed by atoms with E-state index in [1.165, 1.54) is 5.56 Å². The van der Waals surface area contributed by atoms with Gasteiger partial charge in [0.25, 0.3) is 11.8 Å². The monoisotopic (exact) mass is 792 g/mol. The highest BCUT2D eigenvalue weighted by Crippen LogP contribution is 2.42. The second-order valence-electron chi connectivity index (χ2n) is 16.0. The number of nitrogens with one attached hydrogen (secondary N) is 1. The van der Waals surface area contributed by atoms with Crippen molar-refractivity contribution in [2.24, 2.45) is 4.99 Å². The number of carbonyl (C=O) groups excluding carboxylic acids is 3. The molecule has 5 aromatic rings. The van der Waals surface area contributed by atoms with Gasteiger partial charge >= 0.3 is 0 Å². The molecule has 4 aliphatic heterocycles. The van der Waals surface area contributed by atoms with E-state index in [2.05, 4.69) is 30.1 Å². The van der Waals surface area contributed by atoms with Gasteiger partial charge in [-0.15, -0.1) is 0 Å². The number of carbonyl (C=O) groups is 3. The summed E-state index contributed by atoms with van der Waals surface area (Å²) in [6.45, 7) is 5.71. The Morgan fingerprint density at radius 3 is 2.16 bits per heavy atom. The van der Waals surface area contributed by atoms with Gasteiger partial charge < -0.3 is 24.4 Å². The summed E-state index contributed by atoms with van der Waals surface area (Å²) in [6.07, 6.45) is 4.98. The quantitative estimate of drug-likeness (QED) is 0.145. The molecule has 4 heterocycles. The molecule has 2 atom stereocenters. The van der Waals surface area contributed by atoms with Crippen LogP contribution in [0.3, 0.4) is 0 Å². The highest BCUT2D eigenvalue weighted by atomic mass is 32.1. The number of anilines is 3. The van der Waals surface area contributed by atoms with Gasteiger partial charge in [-0.1, -0.05) is 36.4 Å². The van der Waals surface area contributed by atoms with Gasteiger partial charge in [-0.2, -0.15) is 12.6 Å². The number of methoxy groups -OCH3 is 1. The Kier molecular flexibility index (Phi) is 9.51. The SMILES string of the molecule is COc1cc2c(cc1OCc1cc(COc3cc4c(cc3C)C(=O)N3c5ccccc5C[C@H]3C=N4)cc(NC(=O)C(C)(C)S)c1)CC[C@@H]1Cc3ccccc3N1C2=O. The van der Waals surface area contributed by atoms with Crippen molar-refractivity contribution in [3.63, 3.8) is 0 Å². The fourth-order valence-electron chi connectivity index (χ4n) is 8.51. The Balaban J connectivity index is 0.963. The summed E-state index contributed by atoms with van der Waals surface area (Å²) in [7, 11) is 1.57. The molecule has 5 aromatic carbocycles. The van der Waals surface area contributed by atoms with Crippen LogP contribution in [-0.4, -0.2) is 47.9 Å². The number of amides is 3. The van der Waals surface area contributed by atoms with Crippen LogP contribution in [0.15, 0.2) is 96.0 Å². The maximum Gasteiger partial charge on any atom is 0.261 e. The van der Waals surface area contributed by atoms with E-state index in [4.69, 9.17) is 19.2 Å². The topological polar surface area (TPSA) is 110 Å². The lowest BCUT2D eigenvalue weighted by molar-refractivity contribution is -0.117. The molecule has 11 heteroatoms. The first-order valence-corrected chi connectivity index (χ1v) is 20.0. The van der Waals surface area contributed by atoms with Gasteiger partial charge in [0.15, 0.2) is 11.5 Å². The molecule has 294 valence electrons. The van der Waals surface area contributed by atoms with Crippen molar-refractivity contribution in [1.82, 2.24) is 0 Å². The second-order valence-corrected chi connectivity index (χ2v) is 17.1. The van der Waals surface area contributed by atoms with Crippen molar-refractivity contribution in [1.29, 1.82) is 0 Å². The van der Waals surface area contributed by atoms with Crippen LogP contribution >= 0.6 is 12.6 Å². The Bertz CT molecular complexity index is 2540. The summed E-state index contributed by atoms with van der Waals surface area (Å²) in [4.78, 5) is 49.5. The number of para-hydroxylation sites is 2. The summed E-state index contributed by atoms with van der Waals surface area (Å²) in [5.74, 6) is 1.23. The lowest BCUT2D eigenvalue weighted by Gasteiger charge is -2.23. The molecule has 0 aromatic heterocycles. The highest BCUT2D eigenvalue weighted by molar-refractivity contribution is 7.82. The first kappa shape index (κ1) is 37.5. The second kappa shape index (κ2) is 14.7. The number of rotatable bonds is 9. The molecule has 4 aliphatic rings. The minimum absolute atomic E-state index is 0.0262. The largest absolute Gasteiger partial charge is 0.493 e. The normalized spacial score (nSPS) is 17.6. The number of fused-ring (bicyclic) bond motifs is 8. The molecule has 0 unspecified atom stereocenters. The number of benzene rings is 5. The molecule has 1 N–H and O–H groups in total. The van der Waals surface area contributed by atoms with Gasteiger partial charge in [-0.25, -0.2) is 0 Å². The van der Waals surface area contributed by atoms with Gasteiger partial charge in [0.1, 0.15) is 19.0 Å². The Morgan fingerprint density at radius 2 is 1.45 bits per heavy atom. The molecule has 0 saturated carbocycles. The number of aryl methyl sites for hydroxylation is 2. The first-order valence-electron chi connectivity index (χ1n) is 19.6. The molecule has 0 spiro atoms. The summed E-state index contributed by atoms with van der Waals surface area (Å²) < 4.78 is 17.7. The molecular weight excluding hydrogens is 749 g/mol. The number of aliphatic imine (C=N–C) groups is 1. The van der Waals surface area contributed by atoms with E-state index < -0.39 is 4.75 Å². The van der Waals surface area contributed by atoms with Crippen molar-refractivity contribution in [2.45, 2.75) is 76.5 Å². The Morgan fingerprint density at radius 1 is 0.793 bits per heavy atom. The molecule has 3 amide bonds. The predicted molar refractivity (Wildman–Crippen MR) is 229 cm³/mol. The first-order chi connectivity index (χ1) is 27.9. The third-order valence-electron chi connectivity index (χ3n) is 11.5. The number of hydrogen-bond acceptors (Lipinski definition) is 8. The highest BCUT2D eigenvalue weighted by Gasteiger charge is 2.38. The maximum absolute atomic E-state index is 14.0. The average molecular weight is 793 g/mol. The molecule has 58 heavy (non-hydrogen) atoms. The Hall–Kier alpha value is -6.07. The van der Waals surface area contributed by atoms with Gasteiger partial charge in [-0.3, -0.25) is 24.3 Å². The van der Waals surface area contributed by atoms with Gasteiger partial charge in [0.2, 0.25) is 5.91 Å². The van der Waals surface area contributed by atoms with Gasteiger partial charge in [0, 0.05) is 47.4 Å². The lowest BCUT2D eigenvalue weighted by Crippen LogP contribution is -2.37. The van der Waals surface area contributed by atoms with Crippen LogP contribution in [0.4, 0.5) is 22.7 Å². The van der Waals surface area contributed by atoms with Gasteiger partial charge in [0.05, 0.1) is 29.1 Å². The molecule has 0 saturated heterocycles. The fourth-order valence-corrected chi connectivity index (χ4v) is 8.56. The molecule has 0 aliphatic carbocycles. The number of thiol groups is 1. The fraction of sp³-hybridized carbons (Fsp3) is 0.277. The third-order valence-corrected chi connectivity index (χ3v) is 11.7. The number of nitrogens with zero attached hydrogens (tertiary/aromatic N) is 3. The van der Waals surface area contributed by atoms with E-state index in [-0.39, 0.29) is 43.0 Å². The van der Waals surface area contributed by atoms with Crippen molar-refractivity contribution in [3.8, 4) is 17.2 Å². The van der Waals surface area contributed by atoms with Crippen molar-refractivity contribution >= 4 is 59.3 Å². The average Bonchev–Trinajstić information content (AvgIpc) is 3.70. The summed E-state index contributed by atoms with van der Waals surface area (Å²) in [5.41, 5.74) is 9.81. The molecule has 9 rings (SSSR count). The molecule has 0 radical (unpaired) electrons. The predicted octanol–water partition coefficient (Wildman–Crippen LogP) is 8.61. The van der Waals surface area contributed by atoms with Crippen molar-refractivity contribution in [3.05, 3.63) is 136 Å². The number of ether oxygens (including phenoxy) is 3. The minimum Gasteiger partial charge on any atom is -0.493 e.